The second kappa shape index (κ2) is 13.5. The van der Waals surface area contributed by atoms with E-state index in [-0.39, 0.29) is 60.1 Å². The summed E-state index contributed by atoms with van der Waals surface area (Å²) in [7, 11) is 0. The predicted octanol–water partition coefficient (Wildman–Crippen LogP) is -8.68. The molecular formula is C22H22CaN8O14. The van der Waals surface area contributed by atoms with Gasteiger partial charge in [-0.2, -0.15) is 0 Å². The maximum atomic E-state index is 11.6. The van der Waals surface area contributed by atoms with Gasteiger partial charge in [0, 0.05) is 0 Å². The van der Waals surface area contributed by atoms with Crippen molar-refractivity contribution in [1.82, 2.24) is 39.0 Å². The number of fused-ring (bicyclic) bond motifs is 2. The number of carbonyl (C=O) groups excluding carboxylic acids is 2. The van der Waals surface area contributed by atoms with Gasteiger partial charge < -0.3 is 69.9 Å². The van der Waals surface area contributed by atoms with E-state index in [4.69, 9.17) is 9.47 Å². The molecule has 2 aliphatic heterocycles. The third-order valence-corrected chi connectivity index (χ3v) is 6.93. The van der Waals surface area contributed by atoms with E-state index in [1.165, 1.54) is 9.13 Å². The van der Waals surface area contributed by atoms with Crippen molar-refractivity contribution in [2.75, 3.05) is 0 Å². The number of ether oxygens (including phenoxy) is 2. The molecule has 6 heterocycles. The average molecular weight is 663 g/mol. The van der Waals surface area contributed by atoms with Crippen LogP contribution in [-0.4, -0.2) is 168 Å². The van der Waals surface area contributed by atoms with Crippen molar-refractivity contribution in [3.05, 3.63) is 46.0 Å². The van der Waals surface area contributed by atoms with Crippen molar-refractivity contribution < 1.29 is 59.9 Å². The van der Waals surface area contributed by atoms with E-state index in [1.54, 1.807) is 0 Å². The summed E-state index contributed by atoms with van der Waals surface area (Å²) in [6.45, 7) is 0. The van der Waals surface area contributed by atoms with Crippen LogP contribution in [0.3, 0.4) is 0 Å². The van der Waals surface area contributed by atoms with E-state index >= 15 is 0 Å². The van der Waals surface area contributed by atoms with Crippen molar-refractivity contribution in [3.8, 4) is 0 Å². The van der Waals surface area contributed by atoms with E-state index in [0.717, 1.165) is 25.3 Å². The summed E-state index contributed by atoms with van der Waals surface area (Å²) in [5, 5.41) is 79.9. The fourth-order valence-electron chi connectivity index (χ4n) is 4.72. The second-order valence-electron chi connectivity index (χ2n) is 9.58. The van der Waals surface area contributed by atoms with Gasteiger partial charge in [0.1, 0.15) is 48.8 Å². The summed E-state index contributed by atoms with van der Waals surface area (Å²) < 4.78 is 12.7. The molecule has 4 aromatic rings. The topological polar surface area (TPSA) is 347 Å². The number of imidazole rings is 2. The molecule has 2 aliphatic rings. The summed E-state index contributed by atoms with van der Waals surface area (Å²) in [5.74, 6) is -3.69. The number of nitrogens with zero attached hydrogens (tertiary/aromatic N) is 6. The van der Waals surface area contributed by atoms with Gasteiger partial charge in [0.25, 0.3) is 11.1 Å². The number of carboxylic acids is 2. The third kappa shape index (κ3) is 6.22. The van der Waals surface area contributed by atoms with Crippen LogP contribution in [0.15, 0.2) is 34.9 Å². The summed E-state index contributed by atoms with van der Waals surface area (Å²) in [6.07, 6.45) is -11.9. The van der Waals surface area contributed by atoms with Crippen molar-refractivity contribution in [2.24, 2.45) is 0 Å². The zero-order valence-electron chi connectivity index (χ0n) is 22.4. The number of rotatable bonds is 6. The Morgan fingerprint density at radius 2 is 1.07 bits per heavy atom. The van der Waals surface area contributed by atoms with Crippen molar-refractivity contribution in [3.63, 3.8) is 0 Å². The van der Waals surface area contributed by atoms with Crippen LogP contribution in [0.4, 0.5) is 0 Å². The zero-order valence-corrected chi connectivity index (χ0v) is 24.6. The third-order valence-electron chi connectivity index (χ3n) is 6.93. The van der Waals surface area contributed by atoms with E-state index in [9.17, 15) is 60.0 Å². The predicted molar refractivity (Wildman–Crippen MR) is 136 cm³/mol. The van der Waals surface area contributed by atoms with Crippen LogP contribution in [0.2, 0.25) is 0 Å². The maximum absolute atomic E-state index is 11.6. The van der Waals surface area contributed by atoms with Gasteiger partial charge in [0.15, 0.2) is 34.8 Å². The molecule has 10 atom stereocenters. The minimum absolute atomic E-state index is 0. The first-order valence-corrected chi connectivity index (χ1v) is 12.4. The normalized spacial score (nSPS) is 29.1. The fraction of sp³-hybridized carbons (Fsp3) is 0.455. The first-order valence-electron chi connectivity index (χ1n) is 12.4. The zero-order chi connectivity index (χ0) is 32.0. The molecule has 4 aromatic heterocycles. The van der Waals surface area contributed by atoms with Crippen LogP contribution < -0.4 is 21.3 Å². The number of aromatic nitrogens is 8. The number of hydrogen-bond acceptors (Lipinski definition) is 18. The molecular weight excluding hydrogens is 640 g/mol. The van der Waals surface area contributed by atoms with Crippen molar-refractivity contribution in [1.29, 1.82) is 0 Å². The number of hydrogen-bond donors (Lipinski definition) is 8. The molecule has 0 aromatic carbocycles. The molecule has 0 bridgehead atoms. The monoisotopic (exact) mass is 662 g/mol. The number of aliphatic carboxylic acids is 2. The summed E-state index contributed by atoms with van der Waals surface area (Å²) in [5.41, 5.74) is -0.910. The number of nitrogens with one attached hydrogen (secondary N) is 2. The van der Waals surface area contributed by atoms with Crippen LogP contribution in [0.1, 0.15) is 12.5 Å². The molecule has 23 heteroatoms. The van der Waals surface area contributed by atoms with Gasteiger partial charge in [0.05, 0.1) is 37.2 Å². The average Bonchev–Trinajstić information content (AvgIpc) is 3.75. The number of H-pyrrole nitrogens is 2. The Labute approximate surface area is 277 Å². The van der Waals surface area contributed by atoms with Gasteiger partial charge >= 0.3 is 37.7 Å². The molecule has 10 unspecified atom stereocenters. The van der Waals surface area contributed by atoms with Crippen LogP contribution in [0.25, 0.3) is 22.3 Å². The molecule has 0 spiro atoms. The van der Waals surface area contributed by atoms with Gasteiger partial charge in [0.2, 0.25) is 0 Å². The first kappa shape index (κ1) is 34.5. The molecule has 22 nitrogen and oxygen atoms in total. The molecule has 2 saturated heterocycles. The van der Waals surface area contributed by atoms with Crippen molar-refractivity contribution in [2.45, 2.75) is 61.3 Å². The van der Waals surface area contributed by atoms with Gasteiger partial charge in [-0.25, -0.2) is 19.9 Å². The molecule has 2 fully saturated rings. The summed E-state index contributed by atoms with van der Waals surface area (Å²) >= 11 is 0. The van der Waals surface area contributed by atoms with E-state index in [0.29, 0.717) is 0 Å². The van der Waals surface area contributed by atoms with E-state index < -0.39 is 84.3 Å². The molecule has 6 rings (SSSR count). The number of carboxylic acid groups (broad SMARTS) is 2. The largest absolute Gasteiger partial charge is 2.00 e. The number of aliphatic hydroxyl groups excluding tert-OH is 6. The standard InChI is InChI=1S/2C11H12N4O7.Ca/c2*16-4-5(17)10(22-7(4)6(18)11(20)21)15-2-14-3-8(15)12-1-13-9(3)19;/h2*1-2,4-7,10,16-18H,(H,20,21)(H,12,13,19);/q;;+2/p-2. The quantitative estimate of drug-likeness (QED) is 0.0888. The van der Waals surface area contributed by atoms with Gasteiger partial charge in [-0.15, -0.1) is 0 Å². The Balaban J connectivity index is 0.000000200. The molecule has 0 amide bonds. The molecule has 8 N–H and O–H groups in total. The van der Waals surface area contributed by atoms with Crippen molar-refractivity contribution >= 4 is 72.0 Å². The van der Waals surface area contributed by atoms with Crippen LogP contribution >= 0.6 is 0 Å². The molecule has 0 aliphatic carbocycles. The summed E-state index contributed by atoms with van der Waals surface area (Å²) in [6, 6.07) is 0. The number of aliphatic hydroxyl groups is 6. The van der Waals surface area contributed by atoms with E-state index in [1.807, 2.05) is 0 Å². The Morgan fingerprint density at radius 3 is 1.40 bits per heavy atom. The maximum Gasteiger partial charge on any atom is 2.00 e. The molecule has 45 heavy (non-hydrogen) atoms. The van der Waals surface area contributed by atoms with Crippen LogP contribution in [-0.2, 0) is 19.1 Å². The molecule has 0 saturated carbocycles. The Bertz CT molecular complexity index is 1680. The van der Waals surface area contributed by atoms with Gasteiger partial charge in [-0.3, -0.25) is 18.7 Å². The number of carbonyl (C=O) groups is 2. The smallest absolute Gasteiger partial charge is 0.547 e. The SMILES string of the molecule is O=C([O-])C(O)C1OC(n2cnc3c(=O)[nH]cnc32)C(O)C1O.O=C([O-])C(O)C1OC(n2cnc3c(=O)[nH]cnc32)C(O)C1O.[Ca+2]. The minimum Gasteiger partial charge on any atom is -0.547 e. The van der Waals surface area contributed by atoms with Gasteiger partial charge in [-0.1, -0.05) is 0 Å². The number of aromatic amines is 2. The Hall–Kier alpha value is -3.42. The summed E-state index contributed by atoms with van der Waals surface area (Å²) in [4.78, 5) is 64.5. The van der Waals surface area contributed by atoms with Gasteiger partial charge in [-0.05, 0) is 0 Å². The molecule has 0 radical (unpaired) electrons. The first-order chi connectivity index (χ1) is 20.8. The van der Waals surface area contributed by atoms with Crippen LogP contribution in [0, 0.1) is 0 Å². The Morgan fingerprint density at radius 1 is 0.711 bits per heavy atom. The minimum atomic E-state index is -2.12. The van der Waals surface area contributed by atoms with Crippen LogP contribution in [0.5, 0.6) is 0 Å². The van der Waals surface area contributed by atoms with E-state index in [2.05, 4.69) is 29.9 Å². The fourth-order valence-corrected chi connectivity index (χ4v) is 4.72. The second-order valence-corrected chi connectivity index (χ2v) is 9.58. The Kier molecular flexibility index (Phi) is 10.3. The molecule has 236 valence electrons.